The summed E-state index contributed by atoms with van der Waals surface area (Å²) < 4.78 is 0.289. The van der Waals surface area contributed by atoms with Crippen LogP contribution in [0.25, 0.3) is 0 Å². The second-order valence-electron chi connectivity index (χ2n) is 4.96. The molecule has 0 saturated carbocycles. The number of rotatable bonds is 3. The number of nitrogens with zero attached hydrogens (tertiary/aromatic N) is 3. The van der Waals surface area contributed by atoms with Crippen LogP contribution in [-0.4, -0.2) is 40.1 Å². The molecule has 2 rings (SSSR count). The fourth-order valence-corrected chi connectivity index (χ4v) is 3.11. The van der Waals surface area contributed by atoms with E-state index in [1.54, 1.807) is 0 Å². The van der Waals surface area contributed by atoms with E-state index in [0.29, 0.717) is 6.54 Å². The minimum Gasteiger partial charge on any atom is -0.339 e. The van der Waals surface area contributed by atoms with E-state index in [1.165, 1.54) is 0 Å². The summed E-state index contributed by atoms with van der Waals surface area (Å²) in [5.41, 5.74) is 6.62. The molecule has 0 unspecified atom stereocenters. The summed E-state index contributed by atoms with van der Waals surface area (Å²) in [6.45, 7) is 7.23. The second-order valence-corrected chi connectivity index (χ2v) is 6.76. The summed E-state index contributed by atoms with van der Waals surface area (Å²) in [5, 5.41) is 0. The summed E-state index contributed by atoms with van der Waals surface area (Å²) in [4.78, 5) is 11.1. The molecule has 2 N–H and O–H groups in total. The van der Waals surface area contributed by atoms with E-state index in [0.717, 1.165) is 36.8 Å². The number of anilines is 1. The lowest BCUT2D eigenvalue weighted by Crippen LogP contribution is -2.43. The molecule has 0 bridgehead atoms. The lowest BCUT2D eigenvalue weighted by Gasteiger charge is -2.37. The molecule has 2 heterocycles. The van der Waals surface area contributed by atoms with Crippen molar-refractivity contribution in [3.8, 4) is 0 Å². The highest BCUT2D eigenvalue weighted by Crippen LogP contribution is 2.30. The number of thioether (sulfide) groups is 1. The van der Waals surface area contributed by atoms with Gasteiger partial charge in [0.15, 0.2) is 0 Å². The van der Waals surface area contributed by atoms with E-state index >= 15 is 0 Å². The van der Waals surface area contributed by atoms with Crippen molar-refractivity contribution >= 4 is 17.7 Å². The van der Waals surface area contributed by atoms with Crippen LogP contribution in [-0.2, 0) is 6.42 Å². The highest BCUT2D eigenvalue weighted by atomic mass is 32.2. The van der Waals surface area contributed by atoms with E-state index in [9.17, 15) is 0 Å². The molecule has 1 fully saturated rings. The first-order valence-corrected chi connectivity index (χ1v) is 6.99. The average molecular weight is 252 g/mol. The van der Waals surface area contributed by atoms with Gasteiger partial charge in [0.2, 0.25) is 5.95 Å². The van der Waals surface area contributed by atoms with Gasteiger partial charge in [-0.3, -0.25) is 0 Å². The highest BCUT2D eigenvalue weighted by molar-refractivity contribution is 8.00. The Balaban J connectivity index is 2.06. The van der Waals surface area contributed by atoms with E-state index in [4.69, 9.17) is 5.73 Å². The SMILES string of the molecule is CC1(C)CN(c2ncc(CCN)cn2)CCS1. The van der Waals surface area contributed by atoms with Gasteiger partial charge >= 0.3 is 0 Å². The Morgan fingerprint density at radius 3 is 2.71 bits per heavy atom. The van der Waals surface area contributed by atoms with Gasteiger partial charge in [-0.15, -0.1) is 0 Å². The topological polar surface area (TPSA) is 55.0 Å². The van der Waals surface area contributed by atoms with Crippen molar-refractivity contribution in [2.75, 3.05) is 30.3 Å². The zero-order valence-electron chi connectivity index (χ0n) is 10.5. The van der Waals surface area contributed by atoms with E-state index in [1.807, 2.05) is 24.2 Å². The van der Waals surface area contributed by atoms with Gasteiger partial charge in [-0.2, -0.15) is 11.8 Å². The zero-order chi connectivity index (χ0) is 12.3. The van der Waals surface area contributed by atoms with Crippen LogP contribution in [0.1, 0.15) is 19.4 Å². The molecular weight excluding hydrogens is 232 g/mol. The monoisotopic (exact) mass is 252 g/mol. The smallest absolute Gasteiger partial charge is 0.225 e. The lowest BCUT2D eigenvalue weighted by molar-refractivity contribution is 0.635. The molecule has 1 aromatic heterocycles. The van der Waals surface area contributed by atoms with Gasteiger partial charge in [-0.1, -0.05) is 0 Å². The van der Waals surface area contributed by atoms with Crippen molar-refractivity contribution in [3.05, 3.63) is 18.0 Å². The Bertz CT molecular complexity index is 363. The number of nitrogens with two attached hydrogens (primary N) is 1. The molecule has 5 heteroatoms. The zero-order valence-corrected chi connectivity index (χ0v) is 11.3. The van der Waals surface area contributed by atoms with Gasteiger partial charge < -0.3 is 10.6 Å². The molecule has 0 aromatic carbocycles. The van der Waals surface area contributed by atoms with Crippen molar-refractivity contribution in [2.45, 2.75) is 25.0 Å². The fraction of sp³-hybridized carbons (Fsp3) is 0.667. The maximum Gasteiger partial charge on any atom is 0.225 e. The molecule has 0 amide bonds. The maximum absolute atomic E-state index is 5.51. The quantitative estimate of drug-likeness (QED) is 0.879. The highest BCUT2D eigenvalue weighted by Gasteiger charge is 2.28. The van der Waals surface area contributed by atoms with Gasteiger partial charge in [0.05, 0.1) is 0 Å². The number of aromatic nitrogens is 2. The van der Waals surface area contributed by atoms with Crippen molar-refractivity contribution in [1.82, 2.24) is 9.97 Å². The normalized spacial score (nSPS) is 19.4. The first kappa shape index (κ1) is 12.6. The summed E-state index contributed by atoms with van der Waals surface area (Å²) in [6.07, 6.45) is 4.63. The molecule has 0 aliphatic carbocycles. The molecule has 1 saturated heterocycles. The lowest BCUT2D eigenvalue weighted by atomic mass is 10.2. The maximum atomic E-state index is 5.51. The Kier molecular flexibility index (Phi) is 3.89. The molecule has 1 aliphatic rings. The summed E-state index contributed by atoms with van der Waals surface area (Å²) >= 11 is 2.02. The van der Waals surface area contributed by atoms with Crippen LogP contribution >= 0.6 is 11.8 Å². The molecule has 94 valence electrons. The van der Waals surface area contributed by atoms with Crippen LogP contribution in [0.5, 0.6) is 0 Å². The minimum atomic E-state index is 0.289. The number of hydrogen-bond acceptors (Lipinski definition) is 5. The molecule has 0 atom stereocenters. The first-order valence-electron chi connectivity index (χ1n) is 6.01. The molecule has 0 radical (unpaired) electrons. The van der Waals surface area contributed by atoms with Gasteiger partial charge in [0.25, 0.3) is 0 Å². The van der Waals surface area contributed by atoms with Crippen molar-refractivity contribution < 1.29 is 0 Å². The standard InChI is InChI=1S/C12H20N4S/c1-12(2)9-16(5-6-17-12)11-14-7-10(3-4-13)8-15-11/h7-8H,3-6,9,13H2,1-2H3. The van der Waals surface area contributed by atoms with Crippen LogP contribution in [0, 0.1) is 0 Å². The predicted octanol–water partition coefficient (Wildman–Crippen LogP) is 1.31. The molecule has 1 aliphatic heterocycles. The average Bonchev–Trinajstić information content (AvgIpc) is 2.29. The Hall–Kier alpha value is -0.810. The van der Waals surface area contributed by atoms with Crippen LogP contribution in [0.2, 0.25) is 0 Å². The third kappa shape index (κ3) is 3.33. The third-order valence-electron chi connectivity index (χ3n) is 2.83. The van der Waals surface area contributed by atoms with E-state index < -0.39 is 0 Å². The van der Waals surface area contributed by atoms with Gasteiger partial charge in [-0.05, 0) is 32.4 Å². The molecule has 1 aromatic rings. The van der Waals surface area contributed by atoms with E-state index in [2.05, 4.69) is 28.7 Å². The largest absolute Gasteiger partial charge is 0.339 e. The second kappa shape index (κ2) is 5.23. The van der Waals surface area contributed by atoms with Crippen LogP contribution in [0.4, 0.5) is 5.95 Å². The summed E-state index contributed by atoms with van der Waals surface area (Å²) in [7, 11) is 0. The minimum absolute atomic E-state index is 0.289. The predicted molar refractivity (Wildman–Crippen MR) is 73.5 cm³/mol. The molecule has 0 spiro atoms. The Morgan fingerprint density at radius 2 is 2.12 bits per heavy atom. The van der Waals surface area contributed by atoms with Crippen LogP contribution < -0.4 is 10.6 Å². The van der Waals surface area contributed by atoms with Crippen LogP contribution in [0.3, 0.4) is 0 Å². The van der Waals surface area contributed by atoms with Gasteiger partial charge in [0, 0.05) is 36.0 Å². The van der Waals surface area contributed by atoms with Crippen molar-refractivity contribution in [3.63, 3.8) is 0 Å². The Labute approximate surface area is 107 Å². The fourth-order valence-electron chi connectivity index (χ4n) is 1.99. The molecule has 17 heavy (non-hydrogen) atoms. The van der Waals surface area contributed by atoms with E-state index in [-0.39, 0.29) is 4.75 Å². The molecule has 4 nitrogen and oxygen atoms in total. The number of hydrogen-bond donors (Lipinski definition) is 1. The summed E-state index contributed by atoms with van der Waals surface area (Å²) in [5.74, 6) is 1.99. The van der Waals surface area contributed by atoms with Gasteiger partial charge in [-0.25, -0.2) is 9.97 Å². The van der Waals surface area contributed by atoms with Gasteiger partial charge in [0.1, 0.15) is 0 Å². The Morgan fingerprint density at radius 1 is 1.41 bits per heavy atom. The van der Waals surface area contributed by atoms with Crippen molar-refractivity contribution in [2.24, 2.45) is 5.73 Å². The van der Waals surface area contributed by atoms with Crippen LogP contribution in [0.15, 0.2) is 12.4 Å². The first-order chi connectivity index (χ1) is 8.11. The van der Waals surface area contributed by atoms with Crippen molar-refractivity contribution in [1.29, 1.82) is 0 Å². The third-order valence-corrected chi connectivity index (χ3v) is 4.13. The summed E-state index contributed by atoms with van der Waals surface area (Å²) in [6, 6.07) is 0. The molecular formula is C12H20N4S.